The van der Waals surface area contributed by atoms with Crippen LogP contribution in [-0.2, 0) is 24.3 Å². The fourth-order valence-corrected chi connectivity index (χ4v) is 4.40. The van der Waals surface area contributed by atoms with Crippen molar-refractivity contribution < 1.29 is 19.0 Å². The van der Waals surface area contributed by atoms with Gasteiger partial charge in [0.1, 0.15) is 22.7 Å². The Bertz CT molecular complexity index is 1280. The first kappa shape index (κ1) is 24.2. The van der Waals surface area contributed by atoms with Crippen LogP contribution in [0.1, 0.15) is 45.8 Å². The Morgan fingerprint density at radius 1 is 1.17 bits per heavy atom. The monoisotopic (exact) mass is 479 g/mol. The number of carbonyl (C=O) groups excluding carboxylic acids is 2. The lowest BCUT2D eigenvalue weighted by Crippen LogP contribution is -2.36. The van der Waals surface area contributed by atoms with Crippen molar-refractivity contribution in [3.05, 3.63) is 75.0 Å². The Labute approximate surface area is 203 Å². The van der Waals surface area contributed by atoms with E-state index in [1.807, 2.05) is 37.3 Å². The van der Waals surface area contributed by atoms with Crippen molar-refractivity contribution in [3.63, 3.8) is 0 Å². The first-order valence-corrected chi connectivity index (χ1v) is 11.5. The SMILES string of the molecule is COc1cc(=O)n2c(c1C(=O)N(C)Cc1nonc1C)CCN(C(=O)C(C)c1ccccc1)CC2. The van der Waals surface area contributed by atoms with Crippen LogP contribution in [-0.4, -0.2) is 63.7 Å². The second-order valence-corrected chi connectivity index (χ2v) is 8.69. The lowest BCUT2D eigenvalue weighted by atomic mass is 9.99. The second kappa shape index (κ2) is 10.1. The van der Waals surface area contributed by atoms with Gasteiger partial charge in [-0.25, -0.2) is 4.63 Å². The molecule has 1 aliphatic rings. The lowest BCUT2D eigenvalue weighted by molar-refractivity contribution is -0.132. The molecule has 0 saturated carbocycles. The number of hydrogen-bond donors (Lipinski definition) is 0. The van der Waals surface area contributed by atoms with Gasteiger partial charge < -0.3 is 19.1 Å². The van der Waals surface area contributed by atoms with Gasteiger partial charge in [-0.2, -0.15) is 0 Å². The molecule has 35 heavy (non-hydrogen) atoms. The van der Waals surface area contributed by atoms with Crippen molar-refractivity contribution in [2.75, 3.05) is 27.2 Å². The van der Waals surface area contributed by atoms with Crippen molar-refractivity contribution in [2.24, 2.45) is 0 Å². The van der Waals surface area contributed by atoms with Gasteiger partial charge in [0, 0.05) is 44.9 Å². The number of pyridine rings is 1. The standard InChI is InChI=1S/C25H29N5O5/c1-16(18-8-6-5-7-9-18)24(32)29-11-10-20-23(21(34-4)14-22(31)30(20)13-12-29)25(33)28(3)15-19-17(2)26-35-27-19/h5-9,14,16H,10-13,15H2,1-4H3. The Morgan fingerprint density at radius 3 is 2.57 bits per heavy atom. The molecule has 1 aliphatic heterocycles. The highest BCUT2D eigenvalue weighted by Gasteiger charge is 2.30. The van der Waals surface area contributed by atoms with Crippen molar-refractivity contribution in [2.45, 2.75) is 39.3 Å². The quantitative estimate of drug-likeness (QED) is 0.532. The van der Waals surface area contributed by atoms with Crippen LogP contribution in [0.2, 0.25) is 0 Å². The highest BCUT2D eigenvalue weighted by molar-refractivity contribution is 5.98. The Morgan fingerprint density at radius 2 is 1.91 bits per heavy atom. The van der Waals surface area contributed by atoms with E-state index in [9.17, 15) is 14.4 Å². The maximum Gasteiger partial charge on any atom is 0.259 e. The second-order valence-electron chi connectivity index (χ2n) is 8.69. The molecule has 10 nitrogen and oxygen atoms in total. The molecule has 0 bridgehead atoms. The number of carbonyl (C=O) groups is 2. The average molecular weight is 480 g/mol. The molecule has 10 heteroatoms. The topological polar surface area (TPSA) is 111 Å². The summed E-state index contributed by atoms with van der Waals surface area (Å²) < 4.78 is 11.8. The van der Waals surface area contributed by atoms with Crippen molar-refractivity contribution in [1.82, 2.24) is 24.7 Å². The number of aryl methyl sites for hydroxylation is 1. The summed E-state index contributed by atoms with van der Waals surface area (Å²) in [5.41, 5.74) is 2.69. The van der Waals surface area contributed by atoms with Gasteiger partial charge in [0.25, 0.3) is 11.5 Å². The third kappa shape index (κ3) is 4.82. The third-order valence-corrected chi connectivity index (χ3v) is 6.49. The summed E-state index contributed by atoms with van der Waals surface area (Å²) in [5.74, 6) is -0.422. The van der Waals surface area contributed by atoms with Gasteiger partial charge in [-0.15, -0.1) is 0 Å². The van der Waals surface area contributed by atoms with Crippen LogP contribution in [0.25, 0.3) is 0 Å². The predicted molar refractivity (Wildman–Crippen MR) is 127 cm³/mol. The molecule has 1 atom stereocenters. The minimum absolute atomic E-state index is 0.0111. The fraction of sp³-hybridized carbons (Fsp3) is 0.400. The van der Waals surface area contributed by atoms with Gasteiger partial charge in [-0.05, 0) is 19.4 Å². The number of fused-ring (bicyclic) bond motifs is 1. The van der Waals surface area contributed by atoms with Crippen molar-refractivity contribution in [1.29, 1.82) is 0 Å². The molecule has 0 fully saturated rings. The summed E-state index contributed by atoms with van der Waals surface area (Å²) in [6.45, 7) is 4.88. The number of nitrogens with zero attached hydrogens (tertiary/aromatic N) is 5. The van der Waals surface area contributed by atoms with E-state index < -0.39 is 0 Å². The summed E-state index contributed by atoms with van der Waals surface area (Å²) in [6.07, 6.45) is 0.346. The number of benzene rings is 1. The number of aromatic nitrogens is 3. The first-order valence-electron chi connectivity index (χ1n) is 11.5. The molecule has 0 saturated heterocycles. The number of rotatable bonds is 6. The van der Waals surface area contributed by atoms with Crippen LogP contribution in [0.4, 0.5) is 0 Å². The summed E-state index contributed by atoms with van der Waals surface area (Å²) in [6, 6.07) is 10.9. The molecular weight excluding hydrogens is 450 g/mol. The van der Waals surface area contributed by atoms with Crippen LogP contribution >= 0.6 is 0 Å². The van der Waals surface area contributed by atoms with Crippen LogP contribution in [0.15, 0.2) is 45.8 Å². The fourth-order valence-electron chi connectivity index (χ4n) is 4.40. The molecule has 1 unspecified atom stereocenters. The first-order chi connectivity index (χ1) is 16.8. The zero-order valence-electron chi connectivity index (χ0n) is 20.4. The Kier molecular flexibility index (Phi) is 6.99. The minimum Gasteiger partial charge on any atom is -0.496 e. The van der Waals surface area contributed by atoms with Crippen LogP contribution in [0, 0.1) is 6.92 Å². The maximum atomic E-state index is 13.5. The van der Waals surface area contributed by atoms with Gasteiger partial charge in [0.05, 0.1) is 19.6 Å². The Hall–Kier alpha value is -3.95. The summed E-state index contributed by atoms with van der Waals surface area (Å²) >= 11 is 0. The zero-order chi connectivity index (χ0) is 25.1. The molecule has 2 aromatic heterocycles. The van der Waals surface area contributed by atoms with E-state index in [1.165, 1.54) is 18.1 Å². The van der Waals surface area contributed by atoms with Crippen LogP contribution in [0.3, 0.4) is 0 Å². The zero-order valence-corrected chi connectivity index (χ0v) is 20.4. The molecule has 1 aromatic carbocycles. The van der Waals surface area contributed by atoms with E-state index in [0.29, 0.717) is 48.7 Å². The van der Waals surface area contributed by atoms with E-state index in [2.05, 4.69) is 10.3 Å². The van der Waals surface area contributed by atoms with E-state index in [4.69, 9.17) is 9.37 Å². The number of methoxy groups -OCH3 is 1. The van der Waals surface area contributed by atoms with Gasteiger partial charge in [-0.3, -0.25) is 14.4 Å². The molecular formula is C25H29N5O5. The largest absolute Gasteiger partial charge is 0.496 e. The number of ether oxygens (including phenoxy) is 1. The van der Waals surface area contributed by atoms with Crippen LogP contribution < -0.4 is 10.3 Å². The highest BCUT2D eigenvalue weighted by atomic mass is 16.6. The van der Waals surface area contributed by atoms with Gasteiger partial charge in [-0.1, -0.05) is 40.6 Å². The molecule has 0 spiro atoms. The van der Waals surface area contributed by atoms with Gasteiger partial charge in [0.15, 0.2) is 0 Å². The molecule has 0 N–H and O–H groups in total. The third-order valence-electron chi connectivity index (χ3n) is 6.49. The van der Waals surface area contributed by atoms with Gasteiger partial charge >= 0.3 is 0 Å². The summed E-state index contributed by atoms with van der Waals surface area (Å²) in [5, 5.41) is 7.61. The number of hydrogen-bond acceptors (Lipinski definition) is 7. The average Bonchev–Trinajstić information content (AvgIpc) is 3.13. The minimum atomic E-state index is -0.314. The van der Waals surface area contributed by atoms with Gasteiger partial charge in [0.2, 0.25) is 5.91 Å². The maximum absolute atomic E-state index is 13.5. The Balaban J connectivity index is 1.62. The van der Waals surface area contributed by atoms with Crippen LogP contribution in [0.5, 0.6) is 5.75 Å². The molecule has 2 amide bonds. The van der Waals surface area contributed by atoms with Crippen molar-refractivity contribution in [3.8, 4) is 5.75 Å². The summed E-state index contributed by atoms with van der Waals surface area (Å²) in [4.78, 5) is 42.9. The lowest BCUT2D eigenvalue weighted by Gasteiger charge is -2.24. The molecule has 4 rings (SSSR count). The highest BCUT2D eigenvalue weighted by Crippen LogP contribution is 2.26. The number of amides is 2. The molecule has 3 aromatic rings. The summed E-state index contributed by atoms with van der Waals surface area (Å²) in [7, 11) is 3.08. The molecule has 184 valence electrons. The van der Waals surface area contributed by atoms with E-state index in [0.717, 1.165) is 5.56 Å². The van der Waals surface area contributed by atoms with E-state index in [-0.39, 0.29) is 35.6 Å². The molecule has 0 aliphatic carbocycles. The molecule has 3 heterocycles. The normalized spacial score (nSPS) is 14.1. The molecule has 0 radical (unpaired) electrons. The van der Waals surface area contributed by atoms with E-state index >= 15 is 0 Å². The van der Waals surface area contributed by atoms with E-state index in [1.54, 1.807) is 23.4 Å². The smallest absolute Gasteiger partial charge is 0.259 e. The predicted octanol–water partition coefficient (Wildman–Crippen LogP) is 2.01. The van der Waals surface area contributed by atoms with Crippen molar-refractivity contribution >= 4 is 11.8 Å².